The molecule has 2 radical (unpaired) electrons. The lowest BCUT2D eigenvalue weighted by Gasteiger charge is -2.20. The second-order valence-corrected chi connectivity index (χ2v) is 7.09. The van der Waals surface area contributed by atoms with E-state index >= 15 is 0 Å². The molecule has 1 aromatic carbocycles. The second-order valence-electron chi connectivity index (χ2n) is 7.09. The first-order valence-corrected chi connectivity index (χ1v) is 9.47. The molecule has 2 fully saturated rings. The van der Waals surface area contributed by atoms with E-state index in [2.05, 4.69) is 12.5 Å². The predicted octanol–water partition coefficient (Wildman–Crippen LogP) is 5.37. The standard InChI is InChI=1S/C21H30O2/c1-2-5-11-19(10-4-1)22-17-18-9-8-14-21(16-15-18)23-20-12-6-3-7-13-20/h1,3,6-7,12,18-19,21H,2,4-5,8-11,14-17H2. The molecule has 2 aliphatic rings. The summed E-state index contributed by atoms with van der Waals surface area (Å²) in [5.74, 6) is 1.61. The lowest BCUT2D eigenvalue weighted by Crippen LogP contribution is -2.19. The van der Waals surface area contributed by atoms with Crippen LogP contribution < -0.4 is 4.74 Å². The van der Waals surface area contributed by atoms with Crippen LogP contribution in [0, 0.1) is 18.4 Å². The van der Waals surface area contributed by atoms with Crippen molar-refractivity contribution in [3.05, 3.63) is 36.8 Å². The Morgan fingerprint density at radius 3 is 2.78 bits per heavy atom. The van der Waals surface area contributed by atoms with E-state index in [-0.39, 0.29) is 0 Å². The quantitative estimate of drug-likeness (QED) is 0.680. The Morgan fingerprint density at radius 2 is 1.87 bits per heavy atom. The van der Waals surface area contributed by atoms with E-state index in [9.17, 15) is 0 Å². The fourth-order valence-corrected chi connectivity index (χ4v) is 3.78. The van der Waals surface area contributed by atoms with Gasteiger partial charge in [-0.1, -0.05) is 31.0 Å². The van der Waals surface area contributed by atoms with Crippen LogP contribution >= 0.6 is 0 Å². The highest BCUT2D eigenvalue weighted by molar-refractivity contribution is 5.19. The first kappa shape index (κ1) is 16.8. The Kier molecular flexibility index (Phi) is 6.82. The molecular weight excluding hydrogens is 284 g/mol. The maximum absolute atomic E-state index is 6.24. The molecule has 126 valence electrons. The monoisotopic (exact) mass is 314 g/mol. The number of benzene rings is 1. The van der Waals surface area contributed by atoms with Gasteiger partial charge in [-0.15, -0.1) is 0 Å². The maximum Gasteiger partial charge on any atom is 0.127 e. The molecule has 2 nitrogen and oxygen atoms in total. The van der Waals surface area contributed by atoms with Gasteiger partial charge in [-0.3, -0.25) is 0 Å². The zero-order chi connectivity index (χ0) is 15.7. The zero-order valence-corrected chi connectivity index (χ0v) is 14.2. The predicted molar refractivity (Wildman–Crippen MR) is 93.4 cm³/mol. The minimum Gasteiger partial charge on any atom is -0.490 e. The van der Waals surface area contributed by atoms with E-state index in [1.807, 2.05) is 24.3 Å². The summed E-state index contributed by atoms with van der Waals surface area (Å²) < 4.78 is 12.3. The van der Waals surface area contributed by atoms with E-state index in [4.69, 9.17) is 9.47 Å². The van der Waals surface area contributed by atoms with Crippen LogP contribution in [0.25, 0.3) is 0 Å². The molecule has 0 aromatic heterocycles. The molecule has 2 saturated carbocycles. The van der Waals surface area contributed by atoms with Crippen molar-refractivity contribution in [1.29, 1.82) is 0 Å². The van der Waals surface area contributed by atoms with Gasteiger partial charge in [0.05, 0.1) is 12.2 Å². The van der Waals surface area contributed by atoms with Crippen LogP contribution in [-0.2, 0) is 4.74 Å². The summed E-state index contributed by atoms with van der Waals surface area (Å²) in [6, 6.07) is 11.1. The number of ether oxygens (including phenoxy) is 2. The molecule has 0 bridgehead atoms. The topological polar surface area (TPSA) is 18.5 Å². The molecule has 0 saturated heterocycles. The molecule has 23 heavy (non-hydrogen) atoms. The van der Waals surface area contributed by atoms with Gasteiger partial charge in [0.25, 0.3) is 0 Å². The van der Waals surface area contributed by atoms with Gasteiger partial charge in [0.1, 0.15) is 5.75 Å². The van der Waals surface area contributed by atoms with Crippen molar-refractivity contribution in [3.63, 3.8) is 0 Å². The summed E-state index contributed by atoms with van der Waals surface area (Å²) in [6.45, 7) is 0.953. The third kappa shape index (κ3) is 5.84. The molecule has 1 aromatic rings. The molecule has 3 unspecified atom stereocenters. The highest BCUT2D eigenvalue weighted by Gasteiger charge is 2.22. The molecule has 3 rings (SSSR count). The van der Waals surface area contributed by atoms with Crippen LogP contribution in [0.2, 0.25) is 0 Å². The summed E-state index contributed by atoms with van der Waals surface area (Å²) in [5.41, 5.74) is 0. The Bertz CT molecular complexity index is 423. The van der Waals surface area contributed by atoms with Crippen LogP contribution in [0.15, 0.2) is 24.3 Å². The van der Waals surface area contributed by atoms with Crippen molar-refractivity contribution < 1.29 is 9.47 Å². The van der Waals surface area contributed by atoms with Crippen molar-refractivity contribution in [2.45, 2.75) is 76.4 Å². The largest absolute Gasteiger partial charge is 0.490 e. The summed E-state index contributed by atoms with van der Waals surface area (Å²) >= 11 is 0. The number of rotatable bonds is 5. The smallest absolute Gasteiger partial charge is 0.127 e. The van der Waals surface area contributed by atoms with Gasteiger partial charge in [-0.25, -0.2) is 0 Å². The van der Waals surface area contributed by atoms with E-state index in [0.717, 1.165) is 31.1 Å². The highest BCUT2D eigenvalue weighted by atomic mass is 16.5. The third-order valence-corrected chi connectivity index (χ3v) is 5.20. The lowest BCUT2D eigenvalue weighted by atomic mass is 10.0. The molecule has 3 atom stereocenters. The Labute approximate surface area is 141 Å². The molecule has 2 heteroatoms. The van der Waals surface area contributed by atoms with Crippen molar-refractivity contribution in [2.24, 2.45) is 5.92 Å². The normalized spacial score (nSPS) is 27.1. The second kappa shape index (κ2) is 9.32. The molecule has 0 heterocycles. The minimum absolute atomic E-state index is 0.353. The first-order chi connectivity index (χ1) is 11.4. The molecule has 0 aliphatic heterocycles. The van der Waals surface area contributed by atoms with E-state index < -0.39 is 0 Å². The third-order valence-electron chi connectivity index (χ3n) is 5.20. The highest BCUT2D eigenvalue weighted by Crippen LogP contribution is 2.28. The van der Waals surface area contributed by atoms with Gasteiger partial charge >= 0.3 is 0 Å². The van der Waals surface area contributed by atoms with Gasteiger partial charge in [-0.2, -0.15) is 0 Å². The first-order valence-electron chi connectivity index (χ1n) is 9.47. The van der Waals surface area contributed by atoms with E-state index in [1.165, 1.54) is 51.4 Å². The molecule has 0 amide bonds. The van der Waals surface area contributed by atoms with Crippen LogP contribution in [0.1, 0.15) is 64.2 Å². The molecular formula is C21H30O2. The van der Waals surface area contributed by atoms with Gasteiger partial charge in [0.15, 0.2) is 0 Å². The summed E-state index contributed by atoms with van der Waals surface area (Å²) in [6.07, 6.45) is 15.7. The summed E-state index contributed by atoms with van der Waals surface area (Å²) in [4.78, 5) is 0. The van der Waals surface area contributed by atoms with Crippen molar-refractivity contribution in [3.8, 4) is 5.75 Å². The van der Waals surface area contributed by atoms with Crippen LogP contribution in [0.4, 0.5) is 0 Å². The number of para-hydroxylation sites is 1. The van der Waals surface area contributed by atoms with Crippen molar-refractivity contribution in [1.82, 2.24) is 0 Å². The Morgan fingerprint density at radius 1 is 0.913 bits per heavy atom. The average Bonchev–Trinajstić information content (AvgIpc) is 2.97. The number of hydrogen-bond acceptors (Lipinski definition) is 2. The van der Waals surface area contributed by atoms with Gasteiger partial charge < -0.3 is 9.47 Å². The van der Waals surface area contributed by atoms with Crippen LogP contribution in [-0.4, -0.2) is 18.8 Å². The van der Waals surface area contributed by atoms with E-state index in [1.54, 1.807) is 0 Å². The maximum atomic E-state index is 6.24. The zero-order valence-electron chi connectivity index (χ0n) is 14.2. The van der Waals surface area contributed by atoms with E-state index in [0.29, 0.717) is 12.2 Å². The van der Waals surface area contributed by atoms with Crippen LogP contribution in [0.3, 0.4) is 0 Å². The summed E-state index contributed by atoms with van der Waals surface area (Å²) in [7, 11) is 0. The SMILES string of the molecule is [c]1ccccc1OC1CCCC(COC2CC[CH]CCC2)CC1. The average molecular weight is 314 g/mol. The molecule has 0 N–H and O–H groups in total. The van der Waals surface area contributed by atoms with Gasteiger partial charge in [0.2, 0.25) is 0 Å². The number of hydrogen-bond donors (Lipinski definition) is 0. The van der Waals surface area contributed by atoms with Crippen LogP contribution in [0.5, 0.6) is 5.75 Å². The van der Waals surface area contributed by atoms with Crippen molar-refractivity contribution in [2.75, 3.05) is 6.61 Å². The minimum atomic E-state index is 0.353. The fraction of sp³-hybridized carbons (Fsp3) is 0.667. The molecule has 2 aliphatic carbocycles. The summed E-state index contributed by atoms with van der Waals surface area (Å²) in [5, 5.41) is 0. The molecule has 0 spiro atoms. The van der Waals surface area contributed by atoms with Gasteiger partial charge in [-0.05, 0) is 69.8 Å². The lowest BCUT2D eigenvalue weighted by molar-refractivity contribution is 0.0172. The van der Waals surface area contributed by atoms with Gasteiger partial charge in [0, 0.05) is 12.7 Å². The Balaban J connectivity index is 1.39. The van der Waals surface area contributed by atoms with Crippen molar-refractivity contribution >= 4 is 0 Å². The fourth-order valence-electron chi connectivity index (χ4n) is 3.78. The Hall–Kier alpha value is -1.02.